The fraction of sp³-hybridized carbons (Fsp3) is 0.231. The summed E-state index contributed by atoms with van der Waals surface area (Å²) >= 11 is 1.53. The van der Waals surface area contributed by atoms with Crippen LogP contribution in [0.25, 0.3) is 0 Å². The average molecular weight is 261 g/mol. The van der Waals surface area contributed by atoms with Crippen molar-refractivity contribution >= 4 is 17.2 Å². The molecular formula is C13H15N3OS. The maximum atomic E-state index is 11.0. The summed E-state index contributed by atoms with van der Waals surface area (Å²) in [6, 6.07) is 7.85. The summed E-state index contributed by atoms with van der Waals surface area (Å²) in [6.07, 6.45) is 1.78. The Labute approximate surface area is 110 Å². The molecule has 2 rings (SSSR count). The Balaban J connectivity index is 1.93. The molecular weight excluding hydrogens is 246 g/mol. The summed E-state index contributed by atoms with van der Waals surface area (Å²) in [5.74, 6) is -0.379. The van der Waals surface area contributed by atoms with Gasteiger partial charge in [0.25, 0.3) is 0 Å². The maximum Gasteiger partial charge on any atom is 0.249 e. The van der Waals surface area contributed by atoms with E-state index in [1.807, 2.05) is 24.3 Å². The summed E-state index contributed by atoms with van der Waals surface area (Å²) in [6.45, 7) is 2.76. The molecule has 1 unspecified atom stereocenters. The monoisotopic (exact) mass is 261 g/mol. The van der Waals surface area contributed by atoms with Gasteiger partial charge in [0.05, 0.1) is 11.3 Å². The zero-order chi connectivity index (χ0) is 13.0. The predicted octanol–water partition coefficient (Wildman–Crippen LogP) is 2.09. The maximum absolute atomic E-state index is 11.0. The first kappa shape index (κ1) is 12.7. The van der Waals surface area contributed by atoms with Crippen LogP contribution >= 0.6 is 11.3 Å². The van der Waals surface area contributed by atoms with Crippen LogP contribution in [0.2, 0.25) is 0 Å². The molecule has 2 heterocycles. The van der Waals surface area contributed by atoms with Gasteiger partial charge in [0.15, 0.2) is 0 Å². The molecule has 0 fully saturated rings. The minimum atomic E-state index is -0.379. The lowest BCUT2D eigenvalue weighted by molar-refractivity contribution is 0.100. The fourth-order valence-electron chi connectivity index (χ4n) is 1.59. The standard InChI is InChI=1S/C13H15N3OS/c1-9(12-4-2-3-5-15-12)16-7-11-6-10(8-18-11)13(14)17/h2-6,8-9,16H,7H2,1H3,(H2,14,17). The Bertz CT molecular complexity index is 524. The smallest absolute Gasteiger partial charge is 0.249 e. The zero-order valence-corrected chi connectivity index (χ0v) is 10.9. The van der Waals surface area contributed by atoms with Gasteiger partial charge in [-0.1, -0.05) is 6.07 Å². The van der Waals surface area contributed by atoms with Gasteiger partial charge in [0.1, 0.15) is 0 Å². The van der Waals surface area contributed by atoms with Crippen molar-refractivity contribution in [2.75, 3.05) is 0 Å². The number of nitrogens with two attached hydrogens (primary N) is 1. The molecule has 0 aliphatic carbocycles. The van der Waals surface area contributed by atoms with Crippen molar-refractivity contribution in [1.82, 2.24) is 10.3 Å². The number of primary amides is 1. The first-order chi connectivity index (χ1) is 8.66. The number of carbonyl (C=O) groups excluding carboxylic acids is 1. The van der Waals surface area contributed by atoms with E-state index in [9.17, 15) is 4.79 Å². The summed E-state index contributed by atoms with van der Waals surface area (Å²) in [5.41, 5.74) is 6.79. The number of carbonyl (C=O) groups is 1. The third-order valence-electron chi connectivity index (χ3n) is 2.65. The lowest BCUT2D eigenvalue weighted by atomic mass is 10.2. The van der Waals surface area contributed by atoms with Crippen molar-refractivity contribution in [2.45, 2.75) is 19.5 Å². The minimum Gasteiger partial charge on any atom is -0.366 e. The van der Waals surface area contributed by atoms with Crippen LogP contribution in [0.4, 0.5) is 0 Å². The predicted molar refractivity (Wildman–Crippen MR) is 72.3 cm³/mol. The molecule has 0 aliphatic rings. The highest BCUT2D eigenvalue weighted by molar-refractivity contribution is 7.10. The summed E-state index contributed by atoms with van der Waals surface area (Å²) in [5, 5.41) is 5.15. The molecule has 1 atom stereocenters. The van der Waals surface area contributed by atoms with E-state index in [1.54, 1.807) is 11.6 Å². The van der Waals surface area contributed by atoms with E-state index in [4.69, 9.17) is 5.73 Å². The fourth-order valence-corrected chi connectivity index (χ4v) is 2.42. The molecule has 2 aromatic rings. The molecule has 0 aliphatic heterocycles. The topological polar surface area (TPSA) is 68.0 Å². The van der Waals surface area contributed by atoms with Gasteiger partial charge < -0.3 is 11.1 Å². The Morgan fingerprint density at radius 2 is 2.39 bits per heavy atom. The molecule has 94 valence electrons. The molecule has 1 amide bonds. The van der Waals surface area contributed by atoms with Crippen molar-refractivity contribution < 1.29 is 4.79 Å². The van der Waals surface area contributed by atoms with E-state index in [0.717, 1.165) is 10.6 Å². The number of nitrogens with zero attached hydrogens (tertiary/aromatic N) is 1. The van der Waals surface area contributed by atoms with E-state index in [0.29, 0.717) is 12.1 Å². The highest BCUT2D eigenvalue weighted by atomic mass is 32.1. The van der Waals surface area contributed by atoms with Gasteiger partial charge in [-0.3, -0.25) is 9.78 Å². The van der Waals surface area contributed by atoms with Gasteiger partial charge in [0, 0.05) is 29.0 Å². The Kier molecular flexibility index (Phi) is 4.07. The first-order valence-electron chi connectivity index (χ1n) is 5.68. The molecule has 4 nitrogen and oxygen atoms in total. The van der Waals surface area contributed by atoms with Crippen molar-refractivity contribution in [3.63, 3.8) is 0 Å². The lowest BCUT2D eigenvalue weighted by Crippen LogP contribution is -2.18. The second-order valence-electron chi connectivity index (χ2n) is 4.02. The van der Waals surface area contributed by atoms with E-state index < -0.39 is 0 Å². The number of hydrogen-bond acceptors (Lipinski definition) is 4. The Hall–Kier alpha value is -1.72. The summed E-state index contributed by atoms with van der Waals surface area (Å²) < 4.78 is 0. The quantitative estimate of drug-likeness (QED) is 0.866. The molecule has 0 saturated heterocycles. The molecule has 0 spiro atoms. The van der Waals surface area contributed by atoms with E-state index in [1.165, 1.54) is 11.3 Å². The third-order valence-corrected chi connectivity index (χ3v) is 3.59. The molecule has 18 heavy (non-hydrogen) atoms. The van der Waals surface area contributed by atoms with Crippen LogP contribution in [-0.2, 0) is 6.54 Å². The molecule has 5 heteroatoms. The van der Waals surface area contributed by atoms with Gasteiger partial charge in [-0.25, -0.2) is 0 Å². The van der Waals surface area contributed by atoms with Gasteiger partial charge in [-0.2, -0.15) is 0 Å². The molecule has 0 aromatic carbocycles. The zero-order valence-electron chi connectivity index (χ0n) is 10.1. The third kappa shape index (κ3) is 3.15. The largest absolute Gasteiger partial charge is 0.366 e. The summed E-state index contributed by atoms with van der Waals surface area (Å²) in [7, 11) is 0. The minimum absolute atomic E-state index is 0.172. The van der Waals surface area contributed by atoms with Crippen LogP contribution in [0.1, 0.15) is 33.9 Å². The van der Waals surface area contributed by atoms with Crippen LogP contribution in [-0.4, -0.2) is 10.9 Å². The number of nitrogens with one attached hydrogen (secondary N) is 1. The van der Waals surface area contributed by atoms with Gasteiger partial charge >= 0.3 is 0 Å². The average Bonchev–Trinajstić information content (AvgIpc) is 2.86. The Morgan fingerprint density at radius 1 is 1.56 bits per heavy atom. The second-order valence-corrected chi connectivity index (χ2v) is 5.02. The highest BCUT2D eigenvalue weighted by Crippen LogP contribution is 2.16. The van der Waals surface area contributed by atoms with Gasteiger partial charge in [-0.05, 0) is 25.1 Å². The van der Waals surface area contributed by atoms with Crippen LogP contribution < -0.4 is 11.1 Å². The van der Waals surface area contributed by atoms with Crippen LogP contribution in [0.15, 0.2) is 35.8 Å². The molecule has 0 bridgehead atoms. The Morgan fingerprint density at radius 3 is 3.00 bits per heavy atom. The number of amides is 1. The van der Waals surface area contributed by atoms with E-state index in [-0.39, 0.29) is 11.9 Å². The van der Waals surface area contributed by atoms with Crippen LogP contribution in [0.5, 0.6) is 0 Å². The van der Waals surface area contributed by atoms with Crippen molar-refractivity contribution in [3.8, 4) is 0 Å². The molecule has 0 saturated carbocycles. The highest BCUT2D eigenvalue weighted by Gasteiger charge is 2.08. The number of thiophene rings is 1. The van der Waals surface area contributed by atoms with Crippen LogP contribution in [0, 0.1) is 0 Å². The van der Waals surface area contributed by atoms with Gasteiger partial charge in [0.2, 0.25) is 5.91 Å². The van der Waals surface area contributed by atoms with Crippen LogP contribution in [0.3, 0.4) is 0 Å². The second kappa shape index (κ2) is 5.75. The van der Waals surface area contributed by atoms with Gasteiger partial charge in [-0.15, -0.1) is 11.3 Å². The number of pyridine rings is 1. The number of aromatic nitrogens is 1. The van der Waals surface area contributed by atoms with Crippen molar-refractivity contribution in [3.05, 3.63) is 52.0 Å². The normalized spacial score (nSPS) is 12.3. The SMILES string of the molecule is CC(NCc1cc(C(N)=O)cs1)c1ccccn1. The molecule has 0 radical (unpaired) electrons. The van der Waals surface area contributed by atoms with E-state index in [2.05, 4.69) is 17.2 Å². The number of rotatable bonds is 5. The van der Waals surface area contributed by atoms with Crippen molar-refractivity contribution in [1.29, 1.82) is 0 Å². The number of hydrogen-bond donors (Lipinski definition) is 2. The van der Waals surface area contributed by atoms with Crippen molar-refractivity contribution in [2.24, 2.45) is 5.73 Å². The molecule has 2 aromatic heterocycles. The summed E-state index contributed by atoms with van der Waals surface area (Å²) in [4.78, 5) is 16.4. The van der Waals surface area contributed by atoms with E-state index >= 15 is 0 Å². The first-order valence-corrected chi connectivity index (χ1v) is 6.56. The molecule has 3 N–H and O–H groups in total. The lowest BCUT2D eigenvalue weighted by Gasteiger charge is -2.11.